The molecule has 0 radical (unpaired) electrons. The van der Waals surface area contributed by atoms with Crippen LogP contribution in [0.4, 0.5) is 5.69 Å². The van der Waals surface area contributed by atoms with Crippen molar-refractivity contribution in [2.24, 2.45) is 0 Å². The van der Waals surface area contributed by atoms with Gasteiger partial charge in [-0.25, -0.2) is 4.57 Å². The van der Waals surface area contributed by atoms with Crippen molar-refractivity contribution >= 4 is 5.69 Å². The van der Waals surface area contributed by atoms with Crippen LogP contribution in [0.1, 0.15) is 5.56 Å². The molecular weight excluding hydrogens is 264 g/mol. The first-order valence-corrected chi connectivity index (χ1v) is 5.95. The van der Waals surface area contributed by atoms with Crippen LogP contribution in [0, 0.1) is 0 Å². The third-order valence-electron chi connectivity index (χ3n) is 3.05. The minimum Gasteiger partial charge on any atom is -1.00 e. The number of nitrogens with zero attached hydrogens (tertiary/aromatic N) is 1. The molecule has 0 fully saturated rings. The van der Waals surface area contributed by atoms with Gasteiger partial charge in [0.15, 0.2) is 30.4 Å². The van der Waals surface area contributed by atoms with Gasteiger partial charge in [-0.15, -0.1) is 0 Å². The summed E-state index contributed by atoms with van der Waals surface area (Å²) in [5.41, 5.74) is 7.87. The number of aryl methyl sites for hydroxylation is 2. The molecule has 5 heteroatoms. The summed E-state index contributed by atoms with van der Waals surface area (Å²) < 4.78 is 12.8. The standard InChI is InChI=1S/C14H15N2O2.ClH/c15-12-9-14-13(17-10-18-14)8-11(12)4-7-16-5-2-1-3-6-16;/h1-3,5-6,8-9H,4,7,10,15H2;1H/q+1;/p-1. The Balaban J connectivity index is 0.00000133. The van der Waals surface area contributed by atoms with E-state index < -0.39 is 0 Å². The Morgan fingerprint density at radius 2 is 1.74 bits per heavy atom. The van der Waals surface area contributed by atoms with Crippen molar-refractivity contribution in [3.05, 3.63) is 48.3 Å². The molecule has 4 nitrogen and oxygen atoms in total. The predicted molar refractivity (Wildman–Crippen MR) is 67.3 cm³/mol. The van der Waals surface area contributed by atoms with Gasteiger partial charge in [0, 0.05) is 30.3 Å². The highest BCUT2D eigenvalue weighted by molar-refractivity contribution is 5.58. The third kappa shape index (κ3) is 2.90. The van der Waals surface area contributed by atoms with Crippen LogP contribution in [0.5, 0.6) is 11.5 Å². The molecule has 1 aliphatic rings. The van der Waals surface area contributed by atoms with E-state index in [1.54, 1.807) is 0 Å². The zero-order chi connectivity index (χ0) is 12.4. The maximum Gasteiger partial charge on any atom is 0.231 e. The van der Waals surface area contributed by atoms with Gasteiger partial charge in [-0.1, -0.05) is 6.07 Å². The van der Waals surface area contributed by atoms with Crippen LogP contribution in [0.3, 0.4) is 0 Å². The highest BCUT2D eigenvalue weighted by Gasteiger charge is 2.16. The van der Waals surface area contributed by atoms with Gasteiger partial charge in [-0.3, -0.25) is 0 Å². The van der Waals surface area contributed by atoms with Crippen molar-refractivity contribution < 1.29 is 26.4 Å². The van der Waals surface area contributed by atoms with Gasteiger partial charge in [0.1, 0.15) is 0 Å². The summed E-state index contributed by atoms with van der Waals surface area (Å²) in [6.07, 6.45) is 4.96. The number of hydrogen-bond donors (Lipinski definition) is 1. The van der Waals surface area contributed by atoms with E-state index in [4.69, 9.17) is 15.2 Å². The predicted octanol–water partition coefficient (Wildman–Crippen LogP) is -1.47. The monoisotopic (exact) mass is 278 g/mol. The van der Waals surface area contributed by atoms with Gasteiger partial charge in [-0.2, -0.15) is 0 Å². The van der Waals surface area contributed by atoms with E-state index in [-0.39, 0.29) is 19.2 Å². The van der Waals surface area contributed by atoms with Gasteiger partial charge >= 0.3 is 0 Å². The molecule has 0 spiro atoms. The smallest absolute Gasteiger partial charge is 0.231 e. The first kappa shape index (κ1) is 13.5. The Morgan fingerprint density at radius 1 is 1.05 bits per heavy atom. The minimum atomic E-state index is 0. The van der Waals surface area contributed by atoms with Crippen molar-refractivity contribution in [2.45, 2.75) is 13.0 Å². The molecule has 0 amide bonds. The summed E-state index contributed by atoms with van der Waals surface area (Å²) in [5.74, 6) is 1.53. The topological polar surface area (TPSA) is 48.4 Å². The van der Waals surface area contributed by atoms with Gasteiger partial charge < -0.3 is 27.6 Å². The SMILES string of the molecule is Nc1cc2c(cc1CC[n+]1ccccc1)OCO2.[Cl-]. The summed E-state index contributed by atoms with van der Waals surface area (Å²) in [4.78, 5) is 0. The summed E-state index contributed by atoms with van der Waals surface area (Å²) in [5, 5.41) is 0. The first-order chi connectivity index (χ1) is 8.83. The molecule has 100 valence electrons. The number of hydrogen-bond acceptors (Lipinski definition) is 3. The number of nitrogens with two attached hydrogens (primary N) is 1. The van der Waals surface area contributed by atoms with Crippen LogP contribution >= 0.6 is 0 Å². The van der Waals surface area contributed by atoms with E-state index in [9.17, 15) is 0 Å². The van der Waals surface area contributed by atoms with Gasteiger partial charge in [0.25, 0.3) is 0 Å². The lowest BCUT2D eigenvalue weighted by molar-refractivity contribution is -0.696. The number of nitrogen functional groups attached to an aromatic ring is 1. The van der Waals surface area contributed by atoms with E-state index in [1.165, 1.54) is 0 Å². The normalized spacial score (nSPS) is 12.0. The second-order valence-corrected chi connectivity index (χ2v) is 4.27. The molecule has 19 heavy (non-hydrogen) atoms. The average Bonchev–Trinajstić information content (AvgIpc) is 2.84. The quantitative estimate of drug-likeness (QED) is 0.551. The van der Waals surface area contributed by atoms with E-state index in [2.05, 4.69) is 4.57 Å². The second-order valence-electron chi connectivity index (χ2n) is 4.27. The number of benzene rings is 1. The second kappa shape index (κ2) is 5.80. The number of fused-ring (bicyclic) bond motifs is 1. The Kier molecular flexibility index (Phi) is 4.12. The van der Waals surface area contributed by atoms with Crippen LogP contribution in [0.2, 0.25) is 0 Å². The number of pyridine rings is 1. The Labute approximate surface area is 118 Å². The maximum absolute atomic E-state index is 6.01. The molecule has 1 aromatic carbocycles. The van der Waals surface area contributed by atoms with Crippen LogP contribution in [-0.4, -0.2) is 6.79 Å². The van der Waals surface area contributed by atoms with Gasteiger partial charge in [-0.05, 0) is 11.6 Å². The third-order valence-corrected chi connectivity index (χ3v) is 3.05. The zero-order valence-electron chi connectivity index (χ0n) is 10.4. The minimum absolute atomic E-state index is 0. The summed E-state index contributed by atoms with van der Waals surface area (Å²) in [7, 11) is 0. The van der Waals surface area contributed by atoms with E-state index in [0.29, 0.717) is 0 Å². The fourth-order valence-electron chi connectivity index (χ4n) is 2.05. The van der Waals surface area contributed by atoms with Gasteiger partial charge in [0.05, 0.1) is 0 Å². The summed E-state index contributed by atoms with van der Waals surface area (Å²) >= 11 is 0. The zero-order valence-corrected chi connectivity index (χ0v) is 11.1. The number of rotatable bonds is 3. The Hall–Kier alpha value is -1.94. The molecule has 2 heterocycles. The number of halogens is 1. The lowest BCUT2D eigenvalue weighted by atomic mass is 10.1. The van der Waals surface area contributed by atoms with Crippen molar-refractivity contribution in [3.8, 4) is 11.5 Å². The van der Waals surface area contributed by atoms with Crippen LogP contribution in [-0.2, 0) is 13.0 Å². The maximum atomic E-state index is 6.01. The lowest BCUT2D eigenvalue weighted by Crippen LogP contribution is -3.00. The van der Waals surface area contributed by atoms with Gasteiger partial charge in [0.2, 0.25) is 6.79 Å². The number of ether oxygens (including phenoxy) is 2. The molecule has 0 bridgehead atoms. The molecule has 3 rings (SSSR count). The first-order valence-electron chi connectivity index (χ1n) is 5.95. The van der Waals surface area contributed by atoms with Crippen LogP contribution < -0.4 is 32.2 Å². The molecule has 0 aliphatic carbocycles. The molecule has 1 aliphatic heterocycles. The van der Waals surface area contributed by atoms with Crippen molar-refractivity contribution in [1.29, 1.82) is 0 Å². The average molecular weight is 279 g/mol. The molecule has 2 aromatic rings. The van der Waals surface area contributed by atoms with E-state index >= 15 is 0 Å². The van der Waals surface area contributed by atoms with Crippen molar-refractivity contribution in [3.63, 3.8) is 0 Å². The fourth-order valence-corrected chi connectivity index (χ4v) is 2.05. The molecule has 0 saturated carbocycles. The number of anilines is 1. The molecule has 1 aromatic heterocycles. The molecule has 0 saturated heterocycles. The molecule has 2 N–H and O–H groups in total. The molecular formula is C14H15ClN2O2. The van der Waals surface area contributed by atoms with E-state index in [1.807, 2.05) is 42.7 Å². The molecule has 0 atom stereocenters. The van der Waals surface area contributed by atoms with E-state index in [0.717, 1.165) is 35.7 Å². The largest absolute Gasteiger partial charge is 1.00 e. The van der Waals surface area contributed by atoms with Crippen molar-refractivity contribution in [1.82, 2.24) is 0 Å². The number of aromatic nitrogens is 1. The lowest BCUT2D eigenvalue weighted by Gasteiger charge is -2.05. The van der Waals surface area contributed by atoms with Crippen molar-refractivity contribution in [2.75, 3.05) is 12.5 Å². The highest BCUT2D eigenvalue weighted by Crippen LogP contribution is 2.35. The Bertz CT molecular complexity index is 561. The highest BCUT2D eigenvalue weighted by atomic mass is 35.5. The molecule has 0 unspecified atom stereocenters. The summed E-state index contributed by atoms with van der Waals surface area (Å²) in [6.45, 7) is 1.18. The fraction of sp³-hybridized carbons (Fsp3) is 0.214. The summed E-state index contributed by atoms with van der Waals surface area (Å²) in [6, 6.07) is 9.85. The van der Waals surface area contributed by atoms with Crippen LogP contribution in [0.25, 0.3) is 0 Å². The van der Waals surface area contributed by atoms with Crippen LogP contribution in [0.15, 0.2) is 42.7 Å². The Morgan fingerprint density at radius 3 is 2.47 bits per heavy atom.